The molecular formula is C18H15N2O3S-. The zero-order valence-corrected chi connectivity index (χ0v) is 13.6. The number of rotatable bonds is 6. The Kier molecular flexibility index (Phi) is 4.86. The maximum Gasteiger partial charge on any atom is 0.226 e. The first-order chi connectivity index (χ1) is 11.6. The van der Waals surface area contributed by atoms with Crippen molar-refractivity contribution >= 4 is 39.1 Å². The highest BCUT2D eigenvalue weighted by atomic mass is 32.1. The number of fused-ring (bicyclic) bond motifs is 1. The summed E-state index contributed by atoms with van der Waals surface area (Å²) in [4.78, 5) is 26.5. The van der Waals surface area contributed by atoms with Crippen molar-refractivity contribution in [3.05, 3.63) is 47.8 Å². The van der Waals surface area contributed by atoms with Crippen molar-refractivity contribution in [2.45, 2.75) is 19.3 Å². The Morgan fingerprint density at radius 1 is 1.08 bits per heavy atom. The molecule has 3 aromatic rings. The minimum Gasteiger partial charge on any atom is -0.550 e. The number of nitrogens with zero attached hydrogens (tertiary/aromatic N) is 1. The Bertz CT molecular complexity index is 889. The van der Waals surface area contributed by atoms with Crippen LogP contribution >= 0.6 is 11.3 Å². The zero-order chi connectivity index (χ0) is 16.9. The Hall–Kier alpha value is -2.73. The van der Waals surface area contributed by atoms with Crippen molar-refractivity contribution < 1.29 is 14.7 Å². The Morgan fingerprint density at radius 3 is 2.67 bits per heavy atom. The highest BCUT2D eigenvalue weighted by Crippen LogP contribution is 2.27. The maximum absolute atomic E-state index is 11.8. The number of benzene rings is 2. The molecule has 1 N–H and O–H groups in total. The molecular weight excluding hydrogens is 324 g/mol. The third-order valence-corrected chi connectivity index (χ3v) is 4.34. The van der Waals surface area contributed by atoms with Gasteiger partial charge in [0.05, 0.1) is 5.69 Å². The molecule has 0 saturated heterocycles. The average molecular weight is 339 g/mol. The summed E-state index contributed by atoms with van der Waals surface area (Å²) in [5.74, 6) is -1.38. The molecule has 0 bridgehead atoms. The number of thiazole rings is 1. The topological polar surface area (TPSA) is 82.1 Å². The quantitative estimate of drug-likeness (QED) is 0.748. The molecule has 3 rings (SSSR count). The summed E-state index contributed by atoms with van der Waals surface area (Å²) in [6.45, 7) is 0. The lowest BCUT2D eigenvalue weighted by molar-refractivity contribution is -0.305. The van der Waals surface area contributed by atoms with Gasteiger partial charge in [0.25, 0.3) is 0 Å². The van der Waals surface area contributed by atoms with Gasteiger partial charge in [0.15, 0.2) is 5.13 Å². The Labute approximate surface area is 143 Å². The lowest BCUT2D eigenvalue weighted by Gasteiger charge is -2.03. The predicted molar refractivity (Wildman–Crippen MR) is 92.5 cm³/mol. The molecule has 0 fully saturated rings. The molecule has 1 heterocycles. The number of nitrogens with one attached hydrogen (secondary N) is 1. The number of carboxylic acid groups (broad SMARTS) is 1. The second-order valence-electron chi connectivity index (χ2n) is 5.37. The van der Waals surface area contributed by atoms with Crippen LogP contribution in [-0.2, 0) is 9.59 Å². The number of carboxylic acids is 1. The van der Waals surface area contributed by atoms with Crippen LogP contribution in [0.1, 0.15) is 19.3 Å². The Morgan fingerprint density at radius 2 is 1.88 bits per heavy atom. The summed E-state index contributed by atoms with van der Waals surface area (Å²) in [6.07, 6.45) is 0.281. The van der Waals surface area contributed by atoms with Gasteiger partial charge in [-0.05, 0) is 29.7 Å². The molecule has 2 aromatic carbocycles. The van der Waals surface area contributed by atoms with Gasteiger partial charge in [0, 0.05) is 23.3 Å². The van der Waals surface area contributed by atoms with E-state index in [1.807, 2.05) is 35.7 Å². The summed E-state index contributed by atoms with van der Waals surface area (Å²) >= 11 is 1.35. The summed E-state index contributed by atoms with van der Waals surface area (Å²) in [7, 11) is 0. The first-order valence-corrected chi connectivity index (χ1v) is 8.44. The van der Waals surface area contributed by atoms with Gasteiger partial charge in [0.1, 0.15) is 0 Å². The SMILES string of the molecule is O=C([O-])CCCC(=O)Nc1nc(-c2ccc3ccccc3c2)cs1. The van der Waals surface area contributed by atoms with E-state index in [1.54, 1.807) is 0 Å². The van der Waals surface area contributed by atoms with Gasteiger partial charge >= 0.3 is 0 Å². The molecule has 122 valence electrons. The average Bonchev–Trinajstić information content (AvgIpc) is 3.02. The minimum absolute atomic E-state index is 0.117. The van der Waals surface area contributed by atoms with Gasteiger partial charge < -0.3 is 15.2 Å². The third-order valence-electron chi connectivity index (χ3n) is 3.58. The molecule has 0 unspecified atom stereocenters. The van der Waals surface area contributed by atoms with Crippen LogP contribution < -0.4 is 10.4 Å². The number of amides is 1. The van der Waals surface area contributed by atoms with Crippen LogP contribution in [-0.4, -0.2) is 16.9 Å². The van der Waals surface area contributed by atoms with Crippen molar-refractivity contribution in [3.63, 3.8) is 0 Å². The molecule has 0 spiro atoms. The van der Waals surface area contributed by atoms with Crippen molar-refractivity contribution in [3.8, 4) is 11.3 Å². The van der Waals surface area contributed by atoms with Gasteiger partial charge in [-0.3, -0.25) is 4.79 Å². The molecule has 0 atom stereocenters. The highest BCUT2D eigenvalue weighted by molar-refractivity contribution is 7.14. The maximum atomic E-state index is 11.8. The van der Waals surface area contributed by atoms with Crippen LogP contribution in [0.4, 0.5) is 5.13 Å². The molecule has 1 aromatic heterocycles. The lowest BCUT2D eigenvalue weighted by Crippen LogP contribution is -2.22. The van der Waals surface area contributed by atoms with Crippen LogP contribution in [0.3, 0.4) is 0 Å². The normalized spacial score (nSPS) is 10.7. The van der Waals surface area contributed by atoms with E-state index in [0.29, 0.717) is 5.13 Å². The van der Waals surface area contributed by atoms with Crippen LogP contribution in [0.15, 0.2) is 47.8 Å². The van der Waals surface area contributed by atoms with Crippen molar-refractivity contribution in [2.75, 3.05) is 5.32 Å². The summed E-state index contributed by atoms with van der Waals surface area (Å²) in [6, 6.07) is 14.2. The molecule has 0 aliphatic rings. The van der Waals surface area contributed by atoms with Crippen LogP contribution in [0.5, 0.6) is 0 Å². The number of anilines is 1. The highest BCUT2D eigenvalue weighted by Gasteiger charge is 2.08. The fourth-order valence-electron chi connectivity index (χ4n) is 2.39. The predicted octanol–water partition coefficient (Wildman–Crippen LogP) is 2.82. The molecule has 6 heteroatoms. The largest absolute Gasteiger partial charge is 0.550 e. The van der Waals surface area contributed by atoms with E-state index in [1.165, 1.54) is 11.3 Å². The number of carbonyl (C=O) groups is 2. The van der Waals surface area contributed by atoms with Gasteiger partial charge in [0.2, 0.25) is 5.91 Å². The molecule has 5 nitrogen and oxygen atoms in total. The van der Waals surface area contributed by atoms with E-state index in [9.17, 15) is 14.7 Å². The van der Waals surface area contributed by atoms with Crippen LogP contribution in [0, 0.1) is 0 Å². The standard InChI is InChI=1S/C18H16N2O3S/c21-16(6-3-7-17(22)23)20-18-19-15(11-24-18)14-9-8-12-4-1-2-5-13(12)10-14/h1-2,4-5,8-11H,3,6-7H2,(H,22,23)(H,19,20,21)/p-1. The minimum atomic E-state index is -1.14. The first-order valence-electron chi connectivity index (χ1n) is 7.56. The lowest BCUT2D eigenvalue weighted by atomic mass is 10.1. The van der Waals surface area contributed by atoms with Gasteiger partial charge in [-0.2, -0.15) is 0 Å². The third kappa shape index (κ3) is 3.97. The number of hydrogen-bond donors (Lipinski definition) is 1. The second-order valence-corrected chi connectivity index (χ2v) is 6.23. The number of aromatic nitrogens is 1. The summed E-state index contributed by atoms with van der Waals surface area (Å²) in [5.41, 5.74) is 1.79. The molecule has 0 saturated carbocycles. The van der Waals surface area contributed by atoms with E-state index in [4.69, 9.17) is 0 Å². The molecule has 0 aliphatic heterocycles. The van der Waals surface area contributed by atoms with Crippen molar-refractivity contribution in [1.29, 1.82) is 0 Å². The van der Waals surface area contributed by atoms with Crippen LogP contribution in [0.25, 0.3) is 22.0 Å². The van der Waals surface area contributed by atoms with E-state index in [-0.39, 0.29) is 25.2 Å². The van der Waals surface area contributed by atoms with Gasteiger partial charge in [-0.15, -0.1) is 11.3 Å². The first kappa shape index (κ1) is 16.1. The summed E-state index contributed by atoms with van der Waals surface area (Å²) < 4.78 is 0. The van der Waals surface area contributed by atoms with Crippen molar-refractivity contribution in [2.24, 2.45) is 0 Å². The van der Waals surface area contributed by atoms with Crippen molar-refractivity contribution in [1.82, 2.24) is 4.98 Å². The summed E-state index contributed by atoms with van der Waals surface area (Å²) in [5, 5.41) is 17.7. The van der Waals surface area contributed by atoms with E-state index in [2.05, 4.69) is 22.4 Å². The van der Waals surface area contributed by atoms with E-state index >= 15 is 0 Å². The van der Waals surface area contributed by atoms with Gasteiger partial charge in [-0.1, -0.05) is 36.4 Å². The van der Waals surface area contributed by atoms with Crippen LogP contribution in [0.2, 0.25) is 0 Å². The number of hydrogen-bond acceptors (Lipinski definition) is 5. The molecule has 0 radical (unpaired) electrons. The molecule has 1 amide bonds. The van der Waals surface area contributed by atoms with E-state index < -0.39 is 5.97 Å². The van der Waals surface area contributed by atoms with E-state index in [0.717, 1.165) is 22.0 Å². The van der Waals surface area contributed by atoms with Gasteiger partial charge in [-0.25, -0.2) is 4.98 Å². The Balaban J connectivity index is 1.68. The number of aliphatic carboxylic acids is 1. The number of carbonyl (C=O) groups excluding carboxylic acids is 2. The smallest absolute Gasteiger partial charge is 0.226 e. The monoisotopic (exact) mass is 339 g/mol. The second kappa shape index (κ2) is 7.23. The molecule has 0 aliphatic carbocycles. The fourth-order valence-corrected chi connectivity index (χ4v) is 3.12. The zero-order valence-electron chi connectivity index (χ0n) is 12.8. The molecule has 24 heavy (non-hydrogen) atoms. The fraction of sp³-hybridized carbons (Fsp3) is 0.167.